The van der Waals surface area contributed by atoms with E-state index < -0.39 is 29.6 Å². The third kappa shape index (κ3) is 3.49. The Hall–Kier alpha value is -2.80. The summed E-state index contributed by atoms with van der Waals surface area (Å²) in [6, 6.07) is 11.5. The van der Waals surface area contributed by atoms with Crippen molar-refractivity contribution in [2.45, 2.75) is 51.9 Å². The first-order valence-corrected chi connectivity index (χ1v) is 9.29. The number of nitro groups is 2. The highest BCUT2D eigenvalue weighted by molar-refractivity contribution is 5.32. The van der Waals surface area contributed by atoms with Crippen LogP contribution in [-0.4, -0.2) is 21.9 Å². The van der Waals surface area contributed by atoms with Gasteiger partial charge >= 0.3 is 0 Å². The molecule has 0 spiro atoms. The van der Waals surface area contributed by atoms with E-state index in [9.17, 15) is 20.2 Å². The standard InChI is InChI=1S/C21H25N3O4/c1-13-7-5-9-15(11-13)17-19(23(25)26)21(3,4)20(24(27)28)18(22-17)16-10-6-8-14(2)12-16/h5-12,17-20,22H,1-4H3/t17-,18-,19-,20-/m1/s1. The highest BCUT2D eigenvalue weighted by Gasteiger charge is 2.62. The number of piperidine rings is 1. The molecule has 3 rings (SSSR count). The first-order valence-electron chi connectivity index (χ1n) is 9.29. The molecule has 28 heavy (non-hydrogen) atoms. The average molecular weight is 383 g/mol. The molecule has 0 aliphatic carbocycles. The second kappa shape index (κ2) is 7.31. The van der Waals surface area contributed by atoms with E-state index in [0.29, 0.717) is 0 Å². The Bertz CT molecular complexity index is 841. The van der Waals surface area contributed by atoms with Crippen molar-refractivity contribution in [3.63, 3.8) is 0 Å². The Balaban J connectivity index is 2.18. The number of benzene rings is 2. The minimum absolute atomic E-state index is 0.372. The molecule has 1 heterocycles. The van der Waals surface area contributed by atoms with Crippen LogP contribution in [0.25, 0.3) is 0 Å². The fraction of sp³-hybridized carbons (Fsp3) is 0.429. The van der Waals surface area contributed by atoms with Crippen molar-refractivity contribution >= 4 is 0 Å². The van der Waals surface area contributed by atoms with Gasteiger partial charge in [0, 0.05) is 9.85 Å². The molecule has 1 aliphatic heterocycles. The van der Waals surface area contributed by atoms with E-state index >= 15 is 0 Å². The monoisotopic (exact) mass is 383 g/mol. The number of nitrogens with one attached hydrogen (secondary N) is 1. The minimum atomic E-state index is -1.17. The van der Waals surface area contributed by atoms with Gasteiger partial charge in [0.15, 0.2) is 0 Å². The van der Waals surface area contributed by atoms with Crippen molar-refractivity contribution in [2.24, 2.45) is 5.41 Å². The van der Waals surface area contributed by atoms with Gasteiger partial charge in [0.25, 0.3) is 0 Å². The average Bonchev–Trinajstić information content (AvgIpc) is 2.59. The number of aryl methyl sites for hydroxylation is 2. The van der Waals surface area contributed by atoms with Gasteiger partial charge in [-0.2, -0.15) is 0 Å². The van der Waals surface area contributed by atoms with Crippen LogP contribution in [0.4, 0.5) is 0 Å². The van der Waals surface area contributed by atoms with E-state index in [1.807, 2.05) is 62.4 Å². The van der Waals surface area contributed by atoms with Crippen LogP contribution in [0, 0.1) is 39.5 Å². The van der Waals surface area contributed by atoms with Gasteiger partial charge in [0.1, 0.15) is 17.5 Å². The molecule has 0 unspecified atom stereocenters. The second-order valence-electron chi connectivity index (χ2n) is 8.23. The molecule has 0 bridgehead atoms. The lowest BCUT2D eigenvalue weighted by molar-refractivity contribution is -0.605. The normalized spacial score (nSPS) is 26.6. The molecule has 0 saturated carbocycles. The largest absolute Gasteiger partial charge is 0.291 e. The summed E-state index contributed by atoms with van der Waals surface area (Å²) in [5.74, 6) is 0. The van der Waals surface area contributed by atoms with E-state index in [1.165, 1.54) is 0 Å². The van der Waals surface area contributed by atoms with Crippen molar-refractivity contribution in [3.05, 3.63) is 91.0 Å². The number of rotatable bonds is 4. The van der Waals surface area contributed by atoms with Gasteiger partial charge in [-0.3, -0.25) is 25.5 Å². The molecule has 0 radical (unpaired) electrons. The third-order valence-electron chi connectivity index (χ3n) is 5.77. The second-order valence-corrected chi connectivity index (χ2v) is 8.23. The van der Waals surface area contributed by atoms with Gasteiger partial charge in [-0.25, -0.2) is 0 Å². The molecule has 148 valence electrons. The Morgan fingerprint density at radius 1 is 0.821 bits per heavy atom. The van der Waals surface area contributed by atoms with Crippen LogP contribution in [-0.2, 0) is 0 Å². The molecule has 1 N–H and O–H groups in total. The van der Waals surface area contributed by atoms with E-state index in [4.69, 9.17) is 0 Å². The van der Waals surface area contributed by atoms with Gasteiger partial charge < -0.3 is 0 Å². The molecule has 7 nitrogen and oxygen atoms in total. The fourth-order valence-electron chi connectivity index (χ4n) is 4.48. The van der Waals surface area contributed by atoms with E-state index in [1.54, 1.807) is 13.8 Å². The molecular formula is C21H25N3O4. The maximum absolute atomic E-state index is 12.0. The van der Waals surface area contributed by atoms with Crippen molar-refractivity contribution in [1.82, 2.24) is 5.32 Å². The Kier molecular flexibility index (Phi) is 5.21. The van der Waals surface area contributed by atoms with Gasteiger partial charge in [-0.15, -0.1) is 0 Å². The van der Waals surface area contributed by atoms with Crippen LogP contribution in [0.3, 0.4) is 0 Å². The van der Waals surface area contributed by atoms with Crippen LogP contribution in [0.15, 0.2) is 48.5 Å². The quantitative estimate of drug-likeness (QED) is 0.635. The van der Waals surface area contributed by atoms with Crippen LogP contribution in [0.2, 0.25) is 0 Å². The number of nitrogens with zero attached hydrogens (tertiary/aromatic N) is 2. The van der Waals surface area contributed by atoms with Crippen LogP contribution in [0.5, 0.6) is 0 Å². The van der Waals surface area contributed by atoms with Gasteiger partial charge in [-0.05, 0) is 38.8 Å². The Morgan fingerprint density at radius 3 is 1.54 bits per heavy atom. The number of hydrogen-bond donors (Lipinski definition) is 1. The molecule has 4 atom stereocenters. The van der Waals surface area contributed by atoms with Gasteiger partial charge in [0.2, 0.25) is 12.1 Å². The predicted octanol–water partition coefficient (Wildman–Crippen LogP) is 4.01. The van der Waals surface area contributed by atoms with Crippen LogP contribution < -0.4 is 5.32 Å². The zero-order valence-electron chi connectivity index (χ0n) is 16.5. The third-order valence-corrected chi connectivity index (χ3v) is 5.77. The van der Waals surface area contributed by atoms with Crippen LogP contribution >= 0.6 is 0 Å². The lowest BCUT2D eigenvalue weighted by Gasteiger charge is -2.44. The van der Waals surface area contributed by atoms with Gasteiger partial charge in [0.05, 0.1) is 0 Å². The SMILES string of the molecule is Cc1cccc([C@H]2N[C@H](c3cccc(C)c3)[C@@H]([N+](=O)[O-])C(C)(C)[C@@H]2[N+](=O)[O-])c1. The van der Waals surface area contributed by atoms with Crippen molar-refractivity contribution in [2.75, 3.05) is 0 Å². The molecule has 2 aromatic rings. The molecule has 1 saturated heterocycles. The summed E-state index contributed by atoms with van der Waals surface area (Å²) in [5, 5.41) is 27.4. The molecule has 1 aliphatic rings. The lowest BCUT2D eigenvalue weighted by atomic mass is 9.66. The van der Waals surface area contributed by atoms with Crippen molar-refractivity contribution < 1.29 is 9.85 Å². The van der Waals surface area contributed by atoms with E-state index in [2.05, 4.69) is 5.32 Å². The first kappa shape index (κ1) is 19.9. The summed E-state index contributed by atoms with van der Waals surface area (Å²) in [6.45, 7) is 7.13. The highest BCUT2D eigenvalue weighted by Crippen LogP contribution is 2.46. The molecule has 7 heteroatoms. The topological polar surface area (TPSA) is 98.3 Å². The molecule has 0 amide bonds. The minimum Gasteiger partial charge on any atom is -0.291 e. The Morgan fingerprint density at radius 2 is 1.21 bits per heavy atom. The number of hydrogen-bond acceptors (Lipinski definition) is 5. The summed E-state index contributed by atoms with van der Waals surface area (Å²) < 4.78 is 0. The molecule has 1 fully saturated rings. The van der Waals surface area contributed by atoms with E-state index in [0.717, 1.165) is 22.3 Å². The maximum atomic E-state index is 12.0. The zero-order valence-corrected chi connectivity index (χ0v) is 16.5. The lowest BCUT2D eigenvalue weighted by Crippen LogP contribution is -2.63. The van der Waals surface area contributed by atoms with E-state index in [-0.39, 0.29) is 9.85 Å². The van der Waals surface area contributed by atoms with Crippen LogP contribution in [0.1, 0.15) is 48.2 Å². The van der Waals surface area contributed by atoms with Crippen molar-refractivity contribution in [1.29, 1.82) is 0 Å². The summed E-state index contributed by atoms with van der Waals surface area (Å²) >= 11 is 0. The van der Waals surface area contributed by atoms with Crippen molar-refractivity contribution in [3.8, 4) is 0 Å². The Labute approximate surface area is 164 Å². The first-order chi connectivity index (χ1) is 13.1. The summed E-state index contributed by atoms with van der Waals surface area (Å²) in [4.78, 5) is 23.3. The summed E-state index contributed by atoms with van der Waals surface area (Å²) in [6.07, 6.45) is 0. The van der Waals surface area contributed by atoms with Gasteiger partial charge in [-0.1, -0.05) is 59.7 Å². The molecule has 0 aromatic heterocycles. The fourth-order valence-corrected chi connectivity index (χ4v) is 4.48. The smallest absolute Gasteiger partial charge is 0.243 e. The maximum Gasteiger partial charge on any atom is 0.243 e. The summed E-state index contributed by atoms with van der Waals surface area (Å²) in [7, 11) is 0. The summed E-state index contributed by atoms with van der Waals surface area (Å²) in [5.41, 5.74) is 2.36. The zero-order chi connectivity index (χ0) is 20.6. The predicted molar refractivity (Wildman–Crippen MR) is 106 cm³/mol. The highest BCUT2D eigenvalue weighted by atomic mass is 16.6. The molecule has 2 aromatic carbocycles. The molecular weight excluding hydrogens is 358 g/mol.